The molecule has 1 aliphatic rings. The molecule has 4 nitrogen and oxygen atoms in total. The average Bonchev–Trinajstić information content (AvgIpc) is 2.76. The molecule has 18 heavy (non-hydrogen) atoms. The molecule has 0 atom stereocenters. The third kappa shape index (κ3) is 3.01. The minimum Gasteiger partial charge on any atom is -0.457 e. The molecule has 1 N–H and O–H groups in total. The van der Waals surface area contributed by atoms with E-state index >= 15 is 0 Å². The maximum atomic E-state index is 12.0. The summed E-state index contributed by atoms with van der Waals surface area (Å²) in [5, 5.41) is 3.24. The summed E-state index contributed by atoms with van der Waals surface area (Å²) < 4.78 is 10.6. The topological polar surface area (TPSA) is 51.5 Å². The van der Waals surface area contributed by atoms with Crippen LogP contribution in [0.4, 0.5) is 0 Å². The summed E-state index contributed by atoms with van der Waals surface area (Å²) in [5.41, 5.74) is 1.48. The van der Waals surface area contributed by atoms with Gasteiger partial charge in [-0.3, -0.25) is 0 Å². The standard InChI is InChI=1S/C14H19NO3/c1-14(2,3)18-13(16)12-11(6-9-17-12)10-4-7-15-8-5-10/h4,6,9,15H,5,7-8H2,1-3H3. The molecule has 0 bridgehead atoms. The first-order valence-electron chi connectivity index (χ1n) is 6.18. The van der Waals surface area contributed by atoms with E-state index in [1.165, 1.54) is 6.26 Å². The zero-order valence-electron chi connectivity index (χ0n) is 11.1. The Morgan fingerprint density at radius 1 is 1.44 bits per heavy atom. The van der Waals surface area contributed by atoms with Crippen molar-refractivity contribution in [3.63, 3.8) is 0 Å². The number of nitrogens with one attached hydrogen (secondary N) is 1. The molecule has 0 fully saturated rings. The summed E-state index contributed by atoms with van der Waals surface area (Å²) in [7, 11) is 0. The van der Waals surface area contributed by atoms with Crippen molar-refractivity contribution in [3.05, 3.63) is 29.7 Å². The molecule has 2 rings (SSSR count). The number of hydrogen-bond donors (Lipinski definition) is 1. The molecule has 4 heteroatoms. The van der Waals surface area contributed by atoms with Gasteiger partial charge < -0.3 is 14.5 Å². The number of carbonyl (C=O) groups is 1. The maximum absolute atomic E-state index is 12.0. The highest BCUT2D eigenvalue weighted by atomic mass is 16.6. The van der Waals surface area contributed by atoms with E-state index in [4.69, 9.17) is 9.15 Å². The molecule has 98 valence electrons. The number of hydrogen-bond acceptors (Lipinski definition) is 4. The van der Waals surface area contributed by atoms with Crippen molar-refractivity contribution in [2.45, 2.75) is 32.8 Å². The highest BCUT2D eigenvalue weighted by Crippen LogP contribution is 2.26. The van der Waals surface area contributed by atoms with Crippen LogP contribution in [-0.2, 0) is 4.74 Å². The van der Waals surface area contributed by atoms with Crippen LogP contribution in [0, 0.1) is 0 Å². The molecule has 0 spiro atoms. The largest absolute Gasteiger partial charge is 0.457 e. The van der Waals surface area contributed by atoms with Gasteiger partial charge in [-0.15, -0.1) is 0 Å². The number of ether oxygens (including phenoxy) is 1. The molecule has 2 heterocycles. The van der Waals surface area contributed by atoms with E-state index in [9.17, 15) is 4.79 Å². The lowest BCUT2D eigenvalue weighted by atomic mass is 10.0. The van der Waals surface area contributed by atoms with Gasteiger partial charge in [-0.1, -0.05) is 6.08 Å². The van der Waals surface area contributed by atoms with Crippen molar-refractivity contribution >= 4 is 11.5 Å². The molecule has 0 aliphatic carbocycles. The molecule has 0 aromatic carbocycles. The van der Waals surface area contributed by atoms with Crippen molar-refractivity contribution in [1.82, 2.24) is 5.32 Å². The second-order valence-electron chi connectivity index (χ2n) is 5.35. The SMILES string of the molecule is CC(C)(C)OC(=O)c1occc1C1=CCNCC1. The van der Waals surface area contributed by atoms with Crippen LogP contribution in [0.3, 0.4) is 0 Å². The lowest BCUT2D eigenvalue weighted by Gasteiger charge is -2.19. The fraction of sp³-hybridized carbons (Fsp3) is 0.500. The highest BCUT2D eigenvalue weighted by molar-refractivity contribution is 5.93. The molecule has 0 amide bonds. The second-order valence-corrected chi connectivity index (χ2v) is 5.35. The zero-order valence-corrected chi connectivity index (χ0v) is 11.1. The molecular formula is C14H19NO3. The first kappa shape index (κ1) is 12.9. The lowest BCUT2D eigenvalue weighted by molar-refractivity contribution is 0.00355. The third-order valence-corrected chi connectivity index (χ3v) is 2.66. The van der Waals surface area contributed by atoms with Crippen LogP contribution in [0.2, 0.25) is 0 Å². The van der Waals surface area contributed by atoms with Crippen molar-refractivity contribution in [2.24, 2.45) is 0 Å². The quantitative estimate of drug-likeness (QED) is 0.819. The van der Waals surface area contributed by atoms with Crippen molar-refractivity contribution in [3.8, 4) is 0 Å². The molecule has 0 radical (unpaired) electrons. The summed E-state index contributed by atoms with van der Waals surface area (Å²) in [5.74, 6) is -0.0972. The van der Waals surface area contributed by atoms with Gasteiger partial charge >= 0.3 is 5.97 Å². The predicted octanol–water partition coefficient (Wildman–Crippen LogP) is 2.61. The Morgan fingerprint density at radius 3 is 2.83 bits per heavy atom. The van der Waals surface area contributed by atoms with Crippen LogP contribution in [0.25, 0.3) is 5.57 Å². The summed E-state index contributed by atoms with van der Waals surface area (Å²) in [6.45, 7) is 7.28. The Kier molecular flexibility index (Phi) is 3.57. The van der Waals surface area contributed by atoms with Gasteiger partial charge in [-0.25, -0.2) is 4.79 Å². The van der Waals surface area contributed by atoms with E-state index in [1.807, 2.05) is 26.8 Å². The van der Waals surface area contributed by atoms with Crippen LogP contribution < -0.4 is 5.32 Å². The number of esters is 1. The molecule has 0 saturated heterocycles. The maximum Gasteiger partial charge on any atom is 0.375 e. The average molecular weight is 249 g/mol. The van der Waals surface area contributed by atoms with E-state index in [2.05, 4.69) is 11.4 Å². The van der Waals surface area contributed by atoms with Crippen LogP contribution in [-0.4, -0.2) is 24.7 Å². The Labute approximate surface area is 107 Å². The first-order valence-corrected chi connectivity index (χ1v) is 6.18. The zero-order chi connectivity index (χ0) is 13.2. The smallest absolute Gasteiger partial charge is 0.375 e. The molecule has 1 aromatic heterocycles. The normalized spacial score (nSPS) is 16.3. The number of furan rings is 1. The monoisotopic (exact) mass is 249 g/mol. The molecular weight excluding hydrogens is 230 g/mol. The van der Waals surface area contributed by atoms with Gasteiger partial charge in [-0.2, -0.15) is 0 Å². The van der Waals surface area contributed by atoms with Gasteiger partial charge in [0.1, 0.15) is 5.60 Å². The van der Waals surface area contributed by atoms with Crippen LogP contribution in [0.1, 0.15) is 43.3 Å². The second kappa shape index (κ2) is 4.98. The molecule has 1 aliphatic heterocycles. The fourth-order valence-corrected chi connectivity index (χ4v) is 1.91. The van der Waals surface area contributed by atoms with E-state index in [1.54, 1.807) is 0 Å². The van der Waals surface area contributed by atoms with Gasteiger partial charge in [0.15, 0.2) is 0 Å². The van der Waals surface area contributed by atoms with Gasteiger partial charge in [0.2, 0.25) is 5.76 Å². The van der Waals surface area contributed by atoms with Crippen LogP contribution in [0.5, 0.6) is 0 Å². The predicted molar refractivity (Wildman–Crippen MR) is 69.3 cm³/mol. The highest BCUT2D eigenvalue weighted by Gasteiger charge is 2.24. The van der Waals surface area contributed by atoms with Gasteiger partial charge in [-0.05, 0) is 45.4 Å². The Bertz CT molecular complexity index is 466. The Morgan fingerprint density at radius 2 is 2.22 bits per heavy atom. The number of rotatable bonds is 2. The van der Waals surface area contributed by atoms with Crippen molar-refractivity contribution < 1.29 is 13.9 Å². The summed E-state index contributed by atoms with van der Waals surface area (Å²) in [6.07, 6.45) is 4.52. The van der Waals surface area contributed by atoms with E-state index in [-0.39, 0.29) is 0 Å². The number of carbonyl (C=O) groups excluding carboxylic acids is 1. The van der Waals surface area contributed by atoms with Crippen molar-refractivity contribution in [2.75, 3.05) is 13.1 Å². The van der Waals surface area contributed by atoms with Gasteiger partial charge in [0.05, 0.1) is 6.26 Å². The van der Waals surface area contributed by atoms with Crippen molar-refractivity contribution in [1.29, 1.82) is 0 Å². The van der Waals surface area contributed by atoms with E-state index < -0.39 is 11.6 Å². The summed E-state index contributed by atoms with van der Waals surface area (Å²) in [6, 6.07) is 1.83. The minimum atomic E-state index is -0.510. The molecule has 1 aromatic rings. The molecule has 0 unspecified atom stereocenters. The lowest BCUT2D eigenvalue weighted by Crippen LogP contribution is -2.24. The minimum absolute atomic E-state index is 0.304. The Hall–Kier alpha value is -1.55. The van der Waals surface area contributed by atoms with Crippen LogP contribution >= 0.6 is 0 Å². The van der Waals surface area contributed by atoms with Crippen LogP contribution in [0.15, 0.2) is 22.8 Å². The third-order valence-electron chi connectivity index (χ3n) is 2.66. The fourth-order valence-electron chi connectivity index (χ4n) is 1.91. The van der Waals surface area contributed by atoms with Gasteiger partial charge in [0.25, 0.3) is 0 Å². The van der Waals surface area contributed by atoms with E-state index in [0.29, 0.717) is 5.76 Å². The van der Waals surface area contributed by atoms with E-state index in [0.717, 1.165) is 30.6 Å². The summed E-state index contributed by atoms with van der Waals surface area (Å²) in [4.78, 5) is 12.0. The molecule has 0 saturated carbocycles. The Balaban J connectivity index is 2.22. The van der Waals surface area contributed by atoms with Gasteiger partial charge in [0, 0.05) is 12.1 Å². The summed E-state index contributed by atoms with van der Waals surface area (Å²) >= 11 is 0. The first-order chi connectivity index (χ1) is 8.47.